The molecule has 0 aliphatic carbocycles. The van der Waals surface area contributed by atoms with Crippen LogP contribution in [0.15, 0.2) is 41.0 Å². The summed E-state index contributed by atoms with van der Waals surface area (Å²) in [7, 11) is 0. The molecule has 20 heavy (non-hydrogen) atoms. The van der Waals surface area contributed by atoms with E-state index in [0.717, 1.165) is 5.75 Å². The molecular weight excluding hydrogens is 262 g/mol. The first kappa shape index (κ1) is 13.9. The molecule has 1 aromatic heterocycles. The zero-order valence-electron chi connectivity index (χ0n) is 11.1. The summed E-state index contributed by atoms with van der Waals surface area (Å²) in [4.78, 5) is 15.2. The highest BCUT2D eigenvalue weighted by Gasteiger charge is 2.13. The predicted octanol–water partition coefficient (Wildman–Crippen LogP) is 2.31. The number of ether oxygens (including phenoxy) is 3. The summed E-state index contributed by atoms with van der Waals surface area (Å²) in [5.41, 5.74) is 0.0887. The van der Waals surface area contributed by atoms with Gasteiger partial charge in [-0.25, -0.2) is 4.79 Å². The molecule has 1 aromatic carbocycles. The monoisotopic (exact) mass is 277 g/mol. The first-order valence-electron chi connectivity index (χ1n) is 6.23. The number of oxazole rings is 1. The van der Waals surface area contributed by atoms with E-state index in [-0.39, 0.29) is 25.0 Å². The van der Waals surface area contributed by atoms with Gasteiger partial charge in [0.25, 0.3) is 0 Å². The van der Waals surface area contributed by atoms with E-state index in [1.54, 1.807) is 6.92 Å². The Labute approximate surface area is 116 Å². The number of aromatic nitrogens is 1. The number of benzene rings is 1. The topological polar surface area (TPSA) is 70.8 Å². The fourth-order valence-electron chi connectivity index (χ4n) is 1.43. The summed E-state index contributed by atoms with van der Waals surface area (Å²) in [6.45, 7) is 2.61. The van der Waals surface area contributed by atoms with Crippen molar-refractivity contribution in [3.05, 3.63) is 42.3 Å². The second-order valence-corrected chi connectivity index (χ2v) is 3.73. The zero-order valence-corrected chi connectivity index (χ0v) is 11.1. The van der Waals surface area contributed by atoms with Gasteiger partial charge in [0.05, 0.1) is 6.61 Å². The van der Waals surface area contributed by atoms with E-state index in [0.29, 0.717) is 6.61 Å². The molecule has 2 rings (SSSR count). The van der Waals surface area contributed by atoms with Gasteiger partial charge in [0.15, 0.2) is 5.69 Å². The van der Waals surface area contributed by atoms with Crippen molar-refractivity contribution in [2.75, 3.05) is 19.8 Å². The van der Waals surface area contributed by atoms with Gasteiger partial charge in [-0.2, -0.15) is 4.98 Å². The number of rotatable bonds is 7. The van der Waals surface area contributed by atoms with Crippen LogP contribution in [0, 0.1) is 0 Å². The molecule has 1 heterocycles. The van der Waals surface area contributed by atoms with Crippen molar-refractivity contribution in [3.63, 3.8) is 0 Å². The lowest BCUT2D eigenvalue weighted by molar-refractivity contribution is 0.0519. The van der Waals surface area contributed by atoms with Gasteiger partial charge in [-0.15, -0.1) is 0 Å². The summed E-state index contributed by atoms with van der Waals surface area (Å²) in [5.74, 6) is 0.224. The van der Waals surface area contributed by atoms with Gasteiger partial charge in [0.2, 0.25) is 0 Å². The lowest BCUT2D eigenvalue weighted by Gasteiger charge is -2.05. The molecule has 0 radical (unpaired) electrons. The molecule has 0 aliphatic rings. The van der Waals surface area contributed by atoms with Crippen LogP contribution in [0.4, 0.5) is 0 Å². The molecule has 6 nitrogen and oxygen atoms in total. The van der Waals surface area contributed by atoms with E-state index in [2.05, 4.69) is 4.98 Å². The Hall–Kier alpha value is -2.50. The van der Waals surface area contributed by atoms with Crippen molar-refractivity contribution in [1.82, 2.24) is 4.98 Å². The summed E-state index contributed by atoms with van der Waals surface area (Å²) in [6.07, 6.45) is 1.22. The van der Waals surface area contributed by atoms with Gasteiger partial charge in [-0.1, -0.05) is 18.2 Å². The minimum atomic E-state index is -0.536. The summed E-state index contributed by atoms with van der Waals surface area (Å²) in [6, 6.07) is 9.38. The molecule has 0 aliphatic heterocycles. The van der Waals surface area contributed by atoms with Crippen LogP contribution in [-0.2, 0) is 4.74 Å². The number of nitrogens with zero attached hydrogens (tertiary/aromatic N) is 1. The number of carbonyl (C=O) groups is 1. The second kappa shape index (κ2) is 7.18. The lowest BCUT2D eigenvalue weighted by Crippen LogP contribution is -2.09. The highest BCUT2D eigenvalue weighted by Crippen LogP contribution is 2.12. The number of hydrogen-bond acceptors (Lipinski definition) is 6. The molecule has 2 aromatic rings. The van der Waals surface area contributed by atoms with Crippen molar-refractivity contribution in [2.24, 2.45) is 0 Å². The molecule has 106 valence electrons. The maximum atomic E-state index is 11.3. The van der Waals surface area contributed by atoms with Crippen molar-refractivity contribution < 1.29 is 23.4 Å². The molecule has 0 atom stereocenters. The molecule has 0 saturated heterocycles. The van der Waals surface area contributed by atoms with Crippen molar-refractivity contribution in [1.29, 1.82) is 0 Å². The Morgan fingerprint density at radius 1 is 1.20 bits per heavy atom. The highest BCUT2D eigenvalue weighted by atomic mass is 16.6. The summed E-state index contributed by atoms with van der Waals surface area (Å²) in [5, 5.41) is 0. The van der Waals surface area contributed by atoms with Crippen LogP contribution < -0.4 is 9.47 Å². The van der Waals surface area contributed by atoms with E-state index < -0.39 is 5.97 Å². The third-order valence-electron chi connectivity index (χ3n) is 2.29. The summed E-state index contributed by atoms with van der Waals surface area (Å²) < 4.78 is 20.4. The van der Waals surface area contributed by atoms with E-state index in [1.807, 2.05) is 30.3 Å². The maximum Gasteiger partial charge on any atom is 0.394 e. The molecule has 0 N–H and O–H groups in total. The Bertz CT molecular complexity index is 538. The van der Waals surface area contributed by atoms with E-state index in [4.69, 9.17) is 18.6 Å². The predicted molar refractivity (Wildman–Crippen MR) is 69.9 cm³/mol. The van der Waals surface area contributed by atoms with E-state index in [1.165, 1.54) is 6.26 Å². The van der Waals surface area contributed by atoms with Gasteiger partial charge in [-0.3, -0.25) is 0 Å². The fourth-order valence-corrected chi connectivity index (χ4v) is 1.43. The number of hydrogen-bond donors (Lipinski definition) is 0. The van der Waals surface area contributed by atoms with Crippen LogP contribution in [0.25, 0.3) is 0 Å². The van der Waals surface area contributed by atoms with Crippen LogP contribution in [0.5, 0.6) is 11.8 Å². The van der Waals surface area contributed by atoms with Gasteiger partial charge in [0.1, 0.15) is 25.2 Å². The Morgan fingerprint density at radius 3 is 2.70 bits per heavy atom. The third-order valence-corrected chi connectivity index (χ3v) is 2.29. The highest BCUT2D eigenvalue weighted by molar-refractivity contribution is 5.86. The Kier molecular flexibility index (Phi) is 5.00. The smallest absolute Gasteiger partial charge is 0.394 e. The first-order valence-corrected chi connectivity index (χ1v) is 6.23. The minimum Gasteiger partial charge on any atom is -0.490 e. The standard InChI is InChI=1S/C14H15NO5/c1-2-17-13(16)12-10-20-14(15-12)19-9-8-18-11-6-4-3-5-7-11/h3-7,10H,2,8-9H2,1H3. The Balaban J connectivity index is 1.73. The fraction of sp³-hybridized carbons (Fsp3) is 0.286. The third kappa shape index (κ3) is 4.01. The van der Waals surface area contributed by atoms with E-state index in [9.17, 15) is 4.79 Å². The van der Waals surface area contributed by atoms with Crippen molar-refractivity contribution in [3.8, 4) is 11.8 Å². The molecule has 0 amide bonds. The SMILES string of the molecule is CCOC(=O)c1coc(OCCOc2ccccc2)n1. The Morgan fingerprint density at radius 2 is 1.95 bits per heavy atom. The van der Waals surface area contributed by atoms with Gasteiger partial charge < -0.3 is 18.6 Å². The largest absolute Gasteiger partial charge is 0.490 e. The minimum absolute atomic E-state index is 0.0183. The normalized spacial score (nSPS) is 10.1. The van der Waals surface area contributed by atoms with Gasteiger partial charge in [-0.05, 0) is 19.1 Å². The number of para-hydroxylation sites is 1. The molecule has 0 saturated carbocycles. The quantitative estimate of drug-likeness (QED) is 0.571. The maximum absolute atomic E-state index is 11.3. The second-order valence-electron chi connectivity index (χ2n) is 3.73. The average molecular weight is 277 g/mol. The van der Waals surface area contributed by atoms with Crippen LogP contribution in [0.3, 0.4) is 0 Å². The first-order chi connectivity index (χ1) is 9.79. The van der Waals surface area contributed by atoms with E-state index >= 15 is 0 Å². The average Bonchev–Trinajstić information content (AvgIpc) is 2.94. The van der Waals surface area contributed by atoms with Crippen molar-refractivity contribution in [2.45, 2.75) is 6.92 Å². The van der Waals surface area contributed by atoms with Crippen LogP contribution in [0.1, 0.15) is 17.4 Å². The summed E-state index contributed by atoms with van der Waals surface area (Å²) >= 11 is 0. The van der Waals surface area contributed by atoms with Gasteiger partial charge >= 0.3 is 12.0 Å². The number of esters is 1. The molecule has 0 unspecified atom stereocenters. The van der Waals surface area contributed by atoms with Crippen molar-refractivity contribution >= 4 is 5.97 Å². The molecule has 6 heteroatoms. The molecule has 0 fully saturated rings. The lowest BCUT2D eigenvalue weighted by atomic mass is 10.3. The molecular formula is C14H15NO5. The number of carbonyl (C=O) groups excluding carboxylic acids is 1. The molecule has 0 spiro atoms. The van der Waals surface area contributed by atoms with Gasteiger partial charge in [0, 0.05) is 0 Å². The zero-order chi connectivity index (χ0) is 14.2. The van der Waals surface area contributed by atoms with Crippen LogP contribution >= 0.6 is 0 Å². The molecule has 0 bridgehead atoms. The van der Waals surface area contributed by atoms with Crippen LogP contribution in [0.2, 0.25) is 0 Å². The van der Waals surface area contributed by atoms with Crippen LogP contribution in [-0.4, -0.2) is 30.8 Å².